The molecule has 0 fully saturated rings. The Hall–Kier alpha value is -2.57. The third-order valence-electron chi connectivity index (χ3n) is 2.37. The number of aryl methyl sites for hydroxylation is 1. The van der Waals surface area contributed by atoms with Gasteiger partial charge >= 0.3 is 12.0 Å². The molecule has 20 heavy (non-hydrogen) atoms. The molecule has 1 rings (SSSR count). The minimum absolute atomic E-state index is 0.140. The zero-order chi connectivity index (χ0) is 15.1. The summed E-state index contributed by atoms with van der Waals surface area (Å²) >= 11 is 0. The van der Waals surface area contributed by atoms with Gasteiger partial charge in [-0.15, -0.1) is 0 Å². The van der Waals surface area contributed by atoms with Gasteiger partial charge in [-0.05, 0) is 37.6 Å². The SMILES string of the molecule is CCNC(=O)NC(=O)COc1ccc(C(=O)O)cc1C. The summed E-state index contributed by atoms with van der Waals surface area (Å²) in [6.45, 7) is 3.48. The Morgan fingerprint density at radius 3 is 2.55 bits per heavy atom. The molecule has 0 bridgehead atoms. The Labute approximate surface area is 115 Å². The van der Waals surface area contributed by atoms with Crippen LogP contribution in [0.4, 0.5) is 4.79 Å². The fourth-order valence-electron chi connectivity index (χ4n) is 1.46. The number of carbonyl (C=O) groups is 3. The third-order valence-corrected chi connectivity index (χ3v) is 2.37. The van der Waals surface area contributed by atoms with Crippen molar-refractivity contribution in [3.8, 4) is 5.75 Å². The topological polar surface area (TPSA) is 105 Å². The van der Waals surface area contributed by atoms with Gasteiger partial charge in [-0.1, -0.05) is 0 Å². The van der Waals surface area contributed by atoms with Gasteiger partial charge in [-0.3, -0.25) is 10.1 Å². The van der Waals surface area contributed by atoms with Crippen molar-refractivity contribution in [3.05, 3.63) is 29.3 Å². The van der Waals surface area contributed by atoms with Crippen LogP contribution in [0.5, 0.6) is 5.75 Å². The van der Waals surface area contributed by atoms with Crippen molar-refractivity contribution in [2.24, 2.45) is 0 Å². The number of hydrogen-bond donors (Lipinski definition) is 3. The predicted octanol–water partition coefficient (Wildman–Crippen LogP) is 0.918. The Morgan fingerprint density at radius 1 is 1.30 bits per heavy atom. The maximum absolute atomic E-state index is 11.4. The highest BCUT2D eigenvalue weighted by Gasteiger charge is 2.10. The second-order valence-electron chi connectivity index (χ2n) is 3.98. The number of imide groups is 1. The molecule has 0 aliphatic rings. The molecule has 0 radical (unpaired) electrons. The Kier molecular flexibility index (Phi) is 5.52. The summed E-state index contributed by atoms with van der Waals surface area (Å²) in [5, 5.41) is 13.3. The molecule has 7 heteroatoms. The molecule has 0 saturated carbocycles. The number of hydrogen-bond acceptors (Lipinski definition) is 4. The van der Waals surface area contributed by atoms with Gasteiger partial charge in [0.15, 0.2) is 6.61 Å². The normalized spacial score (nSPS) is 9.70. The number of amides is 3. The van der Waals surface area contributed by atoms with Crippen molar-refractivity contribution in [2.75, 3.05) is 13.2 Å². The molecule has 7 nitrogen and oxygen atoms in total. The number of rotatable bonds is 5. The minimum Gasteiger partial charge on any atom is -0.483 e. The first-order chi connectivity index (χ1) is 9.43. The fraction of sp³-hybridized carbons (Fsp3) is 0.308. The number of carbonyl (C=O) groups excluding carboxylic acids is 2. The Bertz CT molecular complexity index is 527. The number of aromatic carboxylic acids is 1. The number of nitrogens with one attached hydrogen (secondary N) is 2. The third kappa shape index (κ3) is 4.60. The second kappa shape index (κ2) is 7.13. The van der Waals surface area contributed by atoms with E-state index in [0.717, 1.165) is 0 Å². The molecule has 1 aromatic carbocycles. The number of carboxylic acids is 1. The van der Waals surface area contributed by atoms with Crippen molar-refractivity contribution in [3.63, 3.8) is 0 Å². The van der Waals surface area contributed by atoms with Gasteiger partial charge in [0.25, 0.3) is 5.91 Å². The number of carboxylic acid groups (broad SMARTS) is 1. The molecule has 1 aromatic rings. The molecule has 3 amide bonds. The van der Waals surface area contributed by atoms with Crippen LogP contribution in [0.25, 0.3) is 0 Å². The van der Waals surface area contributed by atoms with Crippen LogP contribution in [0, 0.1) is 6.92 Å². The number of ether oxygens (including phenoxy) is 1. The highest BCUT2D eigenvalue weighted by molar-refractivity contribution is 5.95. The van der Waals surface area contributed by atoms with Crippen LogP contribution in [-0.4, -0.2) is 36.2 Å². The van der Waals surface area contributed by atoms with E-state index < -0.39 is 17.9 Å². The molecule has 108 valence electrons. The average Bonchev–Trinajstić information content (AvgIpc) is 2.37. The Morgan fingerprint density at radius 2 is 2.00 bits per heavy atom. The molecular formula is C13H16N2O5. The van der Waals surface area contributed by atoms with Crippen molar-refractivity contribution in [1.82, 2.24) is 10.6 Å². The van der Waals surface area contributed by atoms with E-state index in [-0.39, 0.29) is 12.2 Å². The lowest BCUT2D eigenvalue weighted by atomic mass is 10.1. The van der Waals surface area contributed by atoms with E-state index in [0.29, 0.717) is 17.9 Å². The summed E-state index contributed by atoms with van der Waals surface area (Å²) in [4.78, 5) is 33.2. The van der Waals surface area contributed by atoms with Crippen LogP contribution in [0.1, 0.15) is 22.8 Å². The van der Waals surface area contributed by atoms with Crippen LogP contribution in [-0.2, 0) is 4.79 Å². The zero-order valence-corrected chi connectivity index (χ0v) is 11.2. The standard InChI is InChI=1S/C13H16N2O5/c1-3-14-13(19)15-11(16)7-20-10-5-4-9(12(17)18)6-8(10)2/h4-6H,3,7H2,1-2H3,(H,17,18)(H2,14,15,16,19). The zero-order valence-electron chi connectivity index (χ0n) is 11.2. The van der Waals surface area contributed by atoms with Crippen molar-refractivity contribution < 1.29 is 24.2 Å². The minimum atomic E-state index is -1.03. The van der Waals surface area contributed by atoms with E-state index >= 15 is 0 Å². The largest absolute Gasteiger partial charge is 0.483 e. The van der Waals surface area contributed by atoms with Crippen molar-refractivity contribution >= 4 is 17.9 Å². The number of benzene rings is 1. The summed E-state index contributed by atoms with van der Waals surface area (Å²) in [6, 6.07) is 3.71. The molecule has 0 saturated heterocycles. The van der Waals surface area contributed by atoms with Crippen LogP contribution < -0.4 is 15.4 Å². The predicted molar refractivity (Wildman–Crippen MR) is 70.8 cm³/mol. The summed E-state index contributed by atoms with van der Waals surface area (Å²) in [5.41, 5.74) is 0.734. The van der Waals surface area contributed by atoms with Gasteiger partial charge in [0.2, 0.25) is 0 Å². The summed E-state index contributed by atoms with van der Waals surface area (Å²) in [6.07, 6.45) is 0. The van der Waals surface area contributed by atoms with Crippen LogP contribution in [0.3, 0.4) is 0 Å². The molecule has 0 atom stereocenters. The molecule has 0 aromatic heterocycles. The monoisotopic (exact) mass is 280 g/mol. The van der Waals surface area contributed by atoms with Crippen LogP contribution >= 0.6 is 0 Å². The summed E-state index contributed by atoms with van der Waals surface area (Å²) < 4.78 is 5.23. The van der Waals surface area contributed by atoms with Crippen molar-refractivity contribution in [2.45, 2.75) is 13.8 Å². The van der Waals surface area contributed by atoms with Gasteiger partial charge in [-0.2, -0.15) is 0 Å². The highest BCUT2D eigenvalue weighted by Crippen LogP contribution is 2.19. The van der Waals surface area contributed by atoms with E-state index in [9.17, 15) is 14.4 Å². The first-order valence-electron chi connectivity index (χ1n) is 5.98. The van der Waals surface area contributed by atoms with E-state index in [4.69, 9.17) is 9.84 Å². The van der Waals surface area contributed by atoms with Gasteiger partial charge in [-0.25, -0.2) is 9.59 Å². The quantitative estimate of drug-likeness (QED) is 0.743. The molecule has 0 aliphatic heterocycles. The van der Waals surface area contributed by atoms with E-state index in [1.165, 1.54) is 18.2 Å². The first kappa shape index (κ1) is 15.5. The molecule has 3 N–H and O–H groups in total. The molecule has 0 aliphatic carbocycles. The van der Waals surface area contributed by atoms with E-state index in [2.05, 4.69) is 10.6 Å². The molecule has 0 unspecified atom stereocenters. The summed E-state index contributed by atoms with van der Waals surface area (Å²) in [5.74, 6) is -1.23. The van der Waals surface area contributed by atoms with Crippen LogP contribution in [0.2, 0.25) is 0 Å². The highest BCUT2D eigenvalue weighted by atomic mass is 16.5. The number of urea groups is 1. The van der Waals surface area contributed by atoms with Gasteiger partial charge in [0.05, 0.1) is 5.56 Å². The smallest absolute Gasteiger partial charge is 0.335 e. The van der Waals surface area contributed by atoms with Gasteiger partial charge in [0, 0.05) is 6.54 Å². The fourth-order valence-corrected chi connectivity index (χ4v) is 1.46. The van der Waals surface area contributed by atoms with Gasteiger partial charge < -0.3 is 15.2 Å². The lowest BCUT2D eigenvalue weighted by Crippen LogP contribution is -2.41. The van der Waals surface area contributed by atoms with E-state index in [1.54, 1.807) is 13.8 Å². The average molecular weight is 280 g/mol. The second-order valence-corrected chi connectivity index (χ2v) is 3.98. The van der Waals surface area contributed by atoms with Crippen molar-refractivity contribution in [1.29, 1.82) is 0 Å². The summed E-state index contributed by atoms with van der Waals surface area (Å²) in [7, 11) is 0. The lowest BCUT2D eigenvalue weighted by Gasteiger charge is -2.09. The molecular weight excluding hydrogens is 264 g/mol. The lowest BCUT2D eigenvalue weighted by molar-refractivity contribution is -0.122. The van der Waals surface area contributed by atoms with Gasteiger partial charge in [0.1, 0.15) is 5.75 Å². The Balaban J connectivity index is 2.55. The molecule has 0 heterocycles. The molecule has 0 spiro atoms. The maximum atomic E-state index is 11.4. The van der Waals surface area contributed by atoms with E-state index in [1.807, 2.05) is 0 Å². The maximum Gasteiger partial charge on any atom is 0.335 e. The first-order valence-corrected chi connectivity index (χ1v) is 5.98. The van der Waals surface area contributed by atoms with Crippen LogP contribution in [0.15, 0.2) is 18.2 Å².